The molecule has 2 aromatic carbocycles. The predicted molar refractivity (Wildman–Crippen MR) is 122 cm³/mol. The summed E-state index contributed by atoms with van der Waals surface area (Å²) in [6, 6.07) is 18.5. The van der Waals surface area contributed by atoms with Crippen molar-refractivity contribution in [1.82, 2.24) is 24.9 Å². The van der Waals surface area contributed by atoms with Gasteiger partial charge in [-0.15, -0.1) is 0 Å². The Hall–Kier alpha value is -3.38. The molecule has 2 aromatic heterocycles. The van der Waals surface area contributed by atoms with Gasteiger partial charge in [0.05, 0.1) is 23.0 Å². The lowest BCUT2D eigenvalue weighted by atomic mass is 9.98. The SMILES string of the molecule is Cc1nn(CC(=O)NCc2ccccc2-c2ccc(Cn3cccn3)cc2)c(C)c1Cl. The minimum absolute atomic E-state index is 0.105. The molecule has 0 aliphatic rings. The lowest BCUT2D eigenvalue weighted by molar-refractivity contribution is -0.122. The van der Waals surface area contributed by atoms with Crippen molar-refractivity contribution in [1.29, 1.82) is 0 Å². The van der Waals surface area contributed by atoms with Gasteiger partial charge in [0.25, 0.3) is 0 Å². The molecule has 7 heteroatoms. The van der Waals surface area contributed by atoms with Crippen LogP contribution in [0.1, 0.15) is 22.5 Å². The van der Waals surface area contributed by atoms with Gasteiger partial charge in [-0.25, -0.2) is 0 Å². The highest BCUT2D eigenvalue weighted by molar-refractivity contribution is 6.31. The summed E-state index contributed by atoms with van der Waals surface area (Å²) in [5.74, 6) is -0.105. The molecular formula is C24H24ClN5O. The summed E-state index contributed by atoms with van der Waals surface area (Å²) in [7, 11) is 0. The number of aryl methyl sites for hydroxylation is 1. The van der Waals surface area contributed by atoms with Crippen molar-refractivity contribution in [2.75, 3.05) is 0 Å². The fourth-order valence-electron chi connectivity index (χ4n) is 3.54. The summed E-state index contributed by atoms with van der Waals surface area (Å²) in [6.07, 6.45) is 3.73. The van der Waals surface area contributed by atoms with Gasteiger partial charge in [-0.1, -0.05) is 60.1 Å². The first-order chi connectivity index (χ1) is 15.0. The van der Waals surface area contributed by atoms with Crippen LogP contribution >= 0.6 is 11.6 Å². The summed E-state index contributed by atoms with van der Waals surface area (Å²) in [5.41, 5.74) is 5.98. The van der Waals surface area contributed by atoms with Crippen LogP contribution in [-0.4, -0.2) is 25.5 Å². The molecule has 0 atom stereocenters. The third-order valence-electron chi connectivity index (χ3n) is 5.25. The molecule has 0 radical (unpaired) electrons. The van der Waals surface area contributed by atoms with Gasteiger partial charge in [0.2, 0.25) is 5.91 Å². The molecule has 31 heavy (non-hydrogen) atoms. The van der Waals surface area contributed by atoms with Gasteiger partial charge in [0, 0.05) is 18.9 Å². The molecule has 0 aliphatic carbocycles. The number of nitrogens with one attached hydrogen (secondary N) is 1. The fraction of sp³-hybridized carbons (Fsp3) is 0.208. The molecule has 0 bridgehead atoms. The maximum absolute atomic E-state index is 12.5. The zero-order chi connectivity index (χ0) is 21.8. The first-order valence-corrected chi connectivity index (χ1v) is 10.5. The Balaban J connectivity index is 1.43. The quantitative estimate of drug-likeness (QED) is 0.470. The number of hydrogen-bond donors (Lipinski definition) is 1. The highest BCUT2D eigenvalue weighted by Gasteiger charge is 2.13. The van der Waals surface area contributed by atoms with Gasteiger partial charge in [0.1, 0.15) is 6.54 Å². The molecule has 0 aliphatic heterocycles. The maximum Gasteiger partial charge on any atom is 0.242 e. The van der Waals surface area contributed by atoms with E-state index in [9.17, 15) is 4.79 Å². The number of hydrogen-bond acceptors (Lipinski definition) is 3. The Bertz CT molecular complexity index is 1180. The van der Waals surface area contributed by atoms with E-state index in [2.05, 4.69) is 45.8 Å². The Labute approximate surface area is 186 Å². The van der Waals surface area contributed by atoms with E-state index in [0.717, 1.165) is 34.6 Å². The summed E-state index contributed by atoms with van der Waals surface area (Å²) in [6.45, 7) is 5.02. The summed E-state index contributed by atoms with van der Waals surface area (Å²) in [4.78, 5) is 12.5. The van der Waals surface area contributed by atoms with Crippen molar-refractivity contribution >= 4 is 17.5 Å². The Morgan fingerprint density at radius 3 is 2.52 bits per heavy atom. The van der Waals surface area contributed by atoms with E-state index in [0.29, 0.717) is 11.6 Å². The van der Waals surface area contributed by atoms with Crippen molar-refractivity contribution in [2.45, 2.75) is 33.5 Å². The number of benzene rings is 2. The van der Waals surface area contributed by atoms with Crippen LogP contribution < -0.4 is 5.32 Å². The first kappa shape index (κ1) is 20.9. The standard InChI is InChI=1S/C24H24ClN5O/c1-17-24(25)18(2)30(28-17)16-23(31)26-14-21-6-3-4-7-22(21)20-10-8-19(9-11-20)15-29-13-5-12-27-29/h3-13H,14-16H2,1-2H3,(H,26,31). The van der Waals surface area contributed by atoms with Crippen LogP contribution in [0.4, 0.5) is 0 Å². The molecule has 0 unspecified atom stereocenters. The molecule has 6 nitrogen and oxygen atoms in total. The normalized spacial score (nSPS) is 10.9. The van der Waals surface area contributed by atoms with E-state index in [1.807, 2.05) is 49.0 Å². The van der Waals surface area contributed by atoms with Crippen molar-refractivity contribution < 1.29 is 4.79 Å². The van der Waals surface area contributed by atoms with Gasteiger partial charge in [-0.2, -0.15) is 10.2 Å². The Morgan fingerprint density at radius 2 is 1.84 bits per heavy atom. The molecule has 0 spiro atoms. The number of rotatable bonds is 7. The monoisotopic (exact) mass is 433 g/mol. The second kappa shape index (κ2) is 9.18. The molecule has 0 fully saturated rings. The van der Waals surface area contributed by atoms with Crippen molar-refractivity contribution in [3.05, 3.63) is 94.5 Å². The van der Waals surface area contributed by atoms with Crippen LogP contribution in [0.15, 0.2) is 67.0 Å². The minimum atomic E-state index is -0.105. The Kier molecular flexibility index (Phi) is 6.18. The number of aromatic nitrogens is 4. The molecule has 1 N–H and O–H groups in total. The highest BCUT2D eigenvalue weighted by Crippen LogP contribution is 2.24. The summed E-state index contributed by atoms with van der Waals surface area (Å²) in [5, 5.41) is 12.2. The van der Waals surface area contributed by atoms with Crippen molar-refractivity contribution in [3.8, 4) is 11.1 Å². The summed E-state index contributed by atoms with van der Waals surface area (Å²) < 4.78 is 3.53. The van der Waals surface area contributed by atoms with Crippen molar-refractivity contribution in [3.63, 3.8) is 0 Å². The van der Waals surface area contributed by atoms with E-state index >= 15 is 0 Å². The highest BCUT2D eigenvalue weighted by atomic mass is 35.5. The largest absolute Gasteiger partial charge is 0.350 e. The van der Waals surface area contributed by atoms with Crippen LogP contribution in [0.25, 0.3) is 11.1 Å². The molecular weight excluding hydrogens is 410 g/mol. The molecule has 158 valence electrons. The molecule has 4 aromatic rings. The van der Waals surface area contributed by atoms with E-state index in [4.69, 9.17) is 11.6 Å². The smallest absolute Gasteiger partial charge is 0.242 e. The van der Waals surface area contributed by atoms with Crippen LogP contribution in [0.5, 0.6) is 0 Å². The molecule has 0 saturated heterocycles. The Morgan fingerprint density at radius 1 is 1.06 bits per heavy atom. The van der Waals surface area contributed by atoms with Crippen LogP contribution in [0, 0.1) is 13.8 Å². The third kappa shape index (κ3) is 4.86. The molecule has 2 heterocycles. The average Bonchev–Trinajstić information content (AvgIpc) is 3.37. The van der Waals surface area contributed by atoms with Gasteiger partial charge < -0.3 is 5.32 Å². The number of amides is 1. The number of nitrogens with zero attached hydrogens (tertiary/aromatic N) is 4. The molecule has 0 saturated carbocycles. The van der Waals surface area contributed by atoms with Gasteiger partial charge in [-0.3, -0.25) is 14.2 Å². The van der Waals surface area contributed by atoms with Gasteiger partial charge >= 0.3 is 0 Å². The van der Waals surface area contributed by atoms with E-state index in [1.165, 1.54) is 5.56 Å². The second-order valence-electron chi connectivity index (χ2n) is 7.48. The van der Waals surface area contributed by atoms with Gasteiger partial charge in [0.15, 0.2) is 0 Å². The lowest BCUT2D eigenvalue weighted by Crippen LogP contribution is -2.28. The van der Waals surface area contributed by atoms with E-state index < -0.39 is 0 Å². The predicted octanol–water partition coefficient (Wildman–Crippen LogP) is 4.38. The zero-order valence-electron chi connectivity index (χ0n) is 17.5. The maximum atomic E-state index is 12.5. The molecule has 4 rings (SSSR count). The van der Waals surface area contributed by atoms with E-state index in [-0.39, 0.29) is 12.5 Å². The second-order valence-corrected chi connectivity index (χ2v) is 7.85. The van der Waals surface area contributed by atoms with Gasteiger partial charge in [-0.05, 0) is 42.2 Å². The number of carbonyl (C=O) groups is 1. The van der Waals surface area contributed by atoms with E-state index in [1.54, 1.807) is 10.9 Å². The third-order valence-corrected chi connectivity index (χ3v) is 5.80. The fourth-order valence-corrected chi connectivity index (χ4v) is 3.68. The lowest BCUT2D eigenvalue weighted by Gasteiger charge is -2.12. The topological polar surface area (TPSA) is 64.7 Å². The molecule has 1 amide bonds. The number of carbonyl (C=O) groups excluding carboxylic acids is 1. The average molecular weight is 434 g/mol. The van der Waals surface area contributed by atoms with Crippen LogP contribution in [-0.2, 0) is 24.4 Å². The summed E-state index contributed by atoms with van der Waals surface area (Å²) >= 11 is 6.17. The van der Waals surface area contributed by atoms with Crippen LogP contribution in [0.3, 0.4) is 0 Å². The zero-order valence-corrected chi connectivity index (χ0v) is 18.3. The van der Waals surface area contributed by atoms with Crippen molar-refractivity contribution in [2.24, 2.45) is 0 Å². The number of halogens is 1. The van der Waals surface area contributed by atoms with Crippen LogP contribution in [0.2, 0.25) is 5.02 Å². The first-order valence-electron chi connectivity index (χ1n) is 10.1. The minimum Gasteiger partial charge on any atom is -0.350 e.